The van der Waals surface area contributed by atoms with Gasteiger partial charge in [-0.1, -0.05) is 39.5 Å². The Hall–Kier alpha value is -0.536. The predicted molar refractivity (Wildman–Crippen MR) is 139 cm³/mol. The molecule has 0 radical (unpaired) electrons. The Morgan fingerprint density at radius 2 is 0.882 bits per heavy atom. The first-order chi connectivity index (χ1) is 16.3. The fraction of sp³-hybridized carbons (Fsp3) is 0.957. The second-order valence-electron chi connectivity index (χ2n) is 7.87. The number of carbonyl (C=O) groups is 1. The number of hydrogen-bond donors (Lipinski definition) is 1. The zero-order valence-electron chi connectivity index (χ0n) is 23.0. The highest BCUT2D eigenvalue weighted by Gasteiger charge is 2.60. The van der Waals surface area contributed by atoms with Crippen LogP contribution in [0.15, 0.2) is 0 Å². The summed E-state index contributed by atoms with van der Waals surface area (Å²) in [5.41, 5.74) is 5.21. The van der Waals surface area contributed by atoms with Gasteiger partial charge in [-0.05, 0) is 54.4 Å². The summed E-state index contributed by atoms with van der Waals surface area (Å²) in [5, 5.41) is 0. The lowest BCUT2D eigenvalue weighted by atomic mass is 10.2. The lowest BCUT2D eigenvalue weighted by Gasteiger charge is -2.47. The molecule has 0 bridgehead atoms. The van der Waals surface area contributed by atoms with Crippen LogP contribution >= 0.6 is 0 Å². The monoisotopic (exact) mass is 524 g/mol. The molecule has 2 unspecified atom stereocenters. The van der Waals surface area contributed by atoms with Gasteiger partial charge in [-0.2, -0.15) is 0 Å². The van der Waals surface area contributed by atoms with Crippen LogP contribution in [0.5, 0.6) is 0 Å². The molecule has 0 fully saturated rings. The van der Waals surface area contributed by atoms with E-state index >= 15 is 0 Å². The summed E-state index contributed by atoms with van der Waals surface area (Å²) in [6.07, 6.45) is 4.91. The summed E-state index contributed by atoms with van der Waals surface area (Å²) in [6.45, 7) is 18.2. The molecule has 2 N–H and O–H groups in total. The zero-order valence-corrected chi connectivity index (χ0v) is 25.0. The minimum Gasteiger partial charge on any atom is -0.373 e. The van der Waals surface area contributed by atoms with E-state index in [0.717, 1.165) is 25.7 Å². The van der Waals surface area contributed by atoms with Crippen LogP contribution in [0.4, 0.5) is 4.79 Å². The number of urea groups is 1. The molecule has 0 aromatic heterocycles. The maximum Gasteiger partial charge on any atom is 0.524 e. The largest absolute Gasteiger partial charge is 0.524 e. The second-order valence-corrected chi connectivity index (χ2v) is 13.3. The molecule has 0 heterocycles. The van der Waals surface area contributed by atoms with E-state index in [0.29, 0.717) is 52.5 Å². The number of nitrogens with zero attached hydrogens (tertiary/aromatic N) is 1. The number of primary amides is 1. The number of nitrogens with two attached hydrogens (primary N) is 1. The molecule has 0 aromatic carbocycles. The molecular weight excluding hydrogens is 472 g/mol. The first-order valence-electron chi connectivity index (χ1n) is 13.2. The molecule has 34 heavy (non-hydrogen) atoms. The molecule has 0 aliphatic rings. The van der Waals surface area contributed by atoms with Gasteiger partial charge in [0.15, 0.2) is 0 Å². The summed E-state index contributed by atoms with van der Waals surface area (Å²) in [4.78, 5) is 15.0. The van der Waals surface area contributed by atoms with Crippen molar-refractivity contribution >= 4 is 23.6 Å². The maximum atomic E-state index is 13.3. The molecule has 0 rings (SSSR count). The number of amides is 2. The molecule has 2 atom stereocenters. The standard InChI is InChI=1S/C23H52N2O7Si2/c1-9-17-19-21(33(27-11-3,28-12-4)29-13-5)25(23(24)26)22(20-18-10-2)34(30-14-6,31-15-7)32-16-8/h21-22H,9-20H2,1-8H3,(H2,24,26). The fourth-order valence-corrected chi connectivity index (χ4v) is 11.0. The van der Waals surface area contributed by atoms with Gasteiger partial charge in [0, 0.05) is 39.6 Å². The highest BCUT2D eigenvalue weighted by molar-refractivity contribution is 6.65. The van der Waals surface area contributed by atoms with E-state index < -0.39 is 35.0 Å². The Balaban J connectivity index is 6.99. The fourth-order valence-electron chi connectivity index (χ4n) is 4.33. The van der Waals surface area contributed by atoms with E-state index in [1.54, 1.807) is 4.90 Å². The van der Waals surface area contributed by atoms with Crippen LogP contribution < -0.4 is 5.73 Å². The van der Waals surface area contributed by atoms with Crippen molar-refractivity contribution in [3.05, 3.63) is 0 Å². The van der Waals surface area contributed by atoms with Gasteiger partial charge in [0.05, 0.1) is 0 Å². The van der Waals surface area contributed by atoms with Crippen LogP contribution in [0.1, 0.15) is 93.9 Å². The lowest BCUT2D eigenvalue weighted by Crippen LogP contribution is -2.73. The first kappa shape index (κ1) is 33.5. The molecule has 0 aliphatic carbocycles. The van der Waals surface area contributed by atoms with Gasteiger partial charge in [0.1, 0.15) is 11.3 Å². The van der Waals surface area contributed by atoms with E-state index in [1.165, 1.54) is 0 Å². The second kappa shape index (κ2) is 18.7. The van der Waals surface area contributed by atoms with Crippen molar-refractivity contribution in [2.45, 2.75) is 105 Å². The molecule has 2 amide bonds. The molecule has 0 saturated carbocycles. The van der Waals surface area contributed by atoms with Crippen molar-refractivity contribution in [1.82, 2.24) is 4.90 Å². The molecule has 9 nitrogen and oxygen atoms in total. The normalized spacial score (nSPS) is 14.2. The first-order valence-corrected chi connectivity index (χ1v) is 16.8. The van der Waals surface area contributed by atoms with Gasteiger partial charge in [-0.3, -0.25) is 0 Å². The summed E-state index contributed by atoms with van der Waals surface area (Å²) < 4.78 is 37.7. The van der Waals surface area contributed by atoms with Gasteiger partial charge in [-0.25, -0.2) is 4.79 Å². The summed E-state index contributed by atoms with van der Waals surface area (Å²) >= 11 is 0. The Kier molecular flexibility index (Phi) is 18.4. The molecular formula is C23H52N2O7Si2. The zero-order chi connectivity index (χ0) is 26.0. The topological polar surface area (TPSA) is 102 Å². The van der Waals surface area contributed by atoms with E-state index in [1.807, 2.05) is 41.5 Å². The SMILES string of the molecule is CCCCC(N(C(N)=O)C(CCCC)[Si](OCC)(OCC)OCC)[Si](OCC)(OCC)OCC. The number of carbonyl (C=O) groups excluding carboxylic acids is 1. The van der Waals surface area contributed by atoms with Crippen molar-refractivity contribution in [3.8, 4) is 0 Å². The predicted octanol–water partition coefficient (Wildman–Crippen LogP) is 4.66. The van der Waals surface area contributed by atoms with E-state index in [2.05, 4.69) is 13.8 Å². The smallest absolute Gasteiger partial charge is 0.373 e. The summed E-state index contributed by atoms with van der Waals surface area (Å²) in [6, 6.07) is -0.561. The van der Waals surface area contributed by atoms with E-state index in [9.17, 15) is 4.79 Å². The average Bonchev–Trinajstić information content (AvgIpc) is 2.78. The lowest BCUT2D eigenvalue weighted by molar-refractivity contribution is 0.0123. The Labute approximate surface area is 210 Å². The molecule has 0 spiro atoms. The molecule has 0 aromatic rings. The van der Waals surface area contributed by atoms with Crippen molar-refractivity contribution in [2.24, 2.45) is 5.73 Å². The van der Waals surface area contributed by atoms with Crippen molar-refractivity contribution in [2.75, 3.05) is 39.6 Å². The third kappa shape index (κ3) is 9.49. The minimum atomic E-state index is -3.36. The minimum absolute atomic E-state index is 0.409. The van der Waals surface area contributed by atoms with Gasteiger partial charge >= 0.3 is 23.6 Å². The van der Waals surface area contributed by atoms with Crippen LogP contribution in [0, 0.1) is 0 Å². The van der Waals surface area contributed by atoms with Crippen LogP contribution in [-0.2, 0) is 26.6 Å². The molecule has 0 saturated heterocycles. The van der Waals surface area contributed by atoms with E-state index in [-0.39, 0.29) is 0 Å². The molecule has 11 heteroatoms. The summed E-state index contributed by atoms with van der Waals surface area (Å²) in [7, 11) is -6.71. The Morgan fingerprint density at radius 1 is 0.618 bits per heavy atom. The van der Waals surface area contributed by atoms with Gasteiger partial charge in [0.25, 0.3) is 0 Å². The van der Waals surface area contributed by atoms with Gasteiger partial charge < -0.3 is 37.2 Å². The van der Waals surface area contributed by atoms with Crippen molar-refractivity contribution in [1.29, 1.82) is 0 Å². The van der Waals surface area contributed by atoms with Crippen molar-refractivity contribution in [3.63, 3.8) is 0 Å². The van der Waals surface area contributed by atoms with Crippen LogP contribution in [0.2, 0.25) is 0 Å². The van der Waals surface area contributed by atoms with Gasteiger partial charge in [0.2, 0.25) is 0 Å². The molecule has 204 valence electrons. The van der Waals surface area contributed by atoms with E-state index in [4.69, 9.17) is 32.3 Å². The highest BCUT2D eigenvalue weighted by atomic mass is 28.4. The number of hydrogen-bond acceptors (Lipinski definition) is 7. The number of rotatable bonds is 22. The van der Waals surface area contributed by atoms with Crippen LogP contribution in [0.25, 0.3) is 0 Å². The summed E-state index contributed by atoms with van der Waals surface area (Å²) in [5.74, 6) is 0. The maximum absolute atomic E-state index is 13.3. The number of unbranched alkanes of at least 4 members (excludes halogenated alkanes) is 2. The Morgan fingerprint density at radius 3 is 1.06 bits per heavy atom. The molecule has 0 aliphatic heterocycles. The van der Waals surface area contributed by atoms with Crippen LogP contribution in [0.3, 0.4) is 0 Å². The average molecular weight is 525 g/mol. The third-order valence-corrected chi connectivity index (χ3v) is 12.4. The Bertz CT molecular complexity index is 460. The third-order valence-electron chi connectivity index (χ3n) is 5.48. The highest BCUT2D eigenvalue weighted by Crippen LogP contribution is 2.32. The van der Waals surface area contributed by atoms with Gasteiger partial charge in [-0.15, -0.1) is 0 Å². The quantitative estimate of drug-likeness (QED) is 0.206. The van der Waals surface area contributed by atoms with Crippen LogP contribution in [-0.4, -0.2) is 79.5 Å². The van der Waals surface area contributed by atoms with Crippen molar-refractivity contribution < 1.29 is 31.4 Å².